The van der Waals surface area contributed by atoms with E-state index in [0.29, 0.717) is 6.04 Å². The molecule has 1 amide bonds. The van der Waals surface area contributed by atoms with Crippen LogP contribution in [0.1, 0.15) is 56.3 Å². The fourth-order valence-corrected chi connectivity index (χ4v) is 2.77. The Bertz CT molecular complexity index is 447. The molecule has 1 aromatic rings. The van der Waals surface area contributed by atoms with Gasteiger partial charge in [-0.05, 0) is 44.2 Å². The third kappa shape index (κ3) is 3.50. The second-order valence-corrected chi connectivity index (χ2v) is 5.41. The van der Waals surface area contributed by atoms with Gasteiger partial charge in [0.1, 0.15) is 5.82 Å². The zero-order valence-electron chi connectivity index (χ0n) is 12.6. The van der Waals surface area contributed by atoms with Gasteiger partial charge in [0, 0.05) is 30.9 Å². The van der Waals surface area contributed by atoms with Crippen molar-refractivity contribution in [2.24, 2.45) is 0 Å². The second kappa shape index (κ2) is 7.27. The Morgan fingerprint density at radius 1 is 1.45 bits per heavy atom. The van der Waals surface area contributed by atoms with E-state index in [1.165, 1.54) is 6.42 Å². The van der Waals surface area contributed by atoms with Crippen LogP contribution in [0.3, 0.4) is 0 Å². The molecule has 0 bridgehead atoms. The molecule has 1 saturated heterocycles. The highest BCUT2D eigenvalue weighted by Crippen LogP contribution is 2.22. The Hall–Kier alpha value is -1.58. The molecule has 0 aliphatic carbocycles. The summed E-state index contributed by atoms with van der Waals surface area (Å²) in [4.78, 5) is 19.0. The lowest BCUT2D eigenvalue weighted by molar-refractivity contribution is 0.0608. The van der Waals surface area contributed by atoms with E-state index in [0.717, 1.165) is 50.2 Å². The van der Waals surface area contributed by atoms with Crippen LogP contribution >= 0.6 is 0 Å². The van der Waals surface area contributed by atoms with Gasteiger partial charge in [0.2, 0.25) is 0 Å². The molecule has 20 heavy (non-hydrogen) atoms. The first-order valence-corrected chi connectivity index (χ1v) is 7.77. The Labute approximate surface area is 121 Å². The quantitative estimate of drug-likeness (QED) is 0.896. The van der Waals surface area contributed by atoms with E-state index in [1.54, 1.807) is 6.20 Å². The predicted molar refractivity (Wildman–Crippen MR) is 82.0 cm³/mol. The number of carbonyl (C=O) groups excluding carboxylic acids is 1. The van der Waals surface area contributed by atoms with Gasteiger partial charge in [-0.3, -0.25) is 4.79 Å². The van der Waals surface area contributed by atoms with Crippen molar-refractivity contribution in [3.63, 3.8) is 0 Å². The lowest BCUT2D eigenvalue weighted by Crippen LogP contribution is -2.43. The average molecular weight is 275 g/mol. The molecule has 0 spiro atoms. The highest BCUT2D eigenvalue weighted by Gasteiger charge is 2.26. The first-order chi connectivity index (χ1) is 9.76. The molecule has 2 heterocycles. The van der Waals surface area contributed by atoms with Crippen molar-refractivity contribution in [1.29, 1.82) is 0 Å². The molecule has 1 aliphatic heterocycles. The summed E-state index contributed by atoms with van der Waals surface area (Å²) < 4.78 is 0. The molecule has 0 aromatic carbocycles. The predicted octanol–water partition coefficient (Wildman–Crippen LogP) is 3.31. The third-order valence-electron chi connectivity index (χ3n) is 3.92. The maximum Gasteiger partial charge on any atom is 0.254 e. The van der Waals surface area contributed by atoms with Gasteiger partial charge in [0.25, 0.3) is 5.91 Å². The SMILES string of the molecule is CCCNc1cc(C(=O)N2CCCCC2CC)ccn1. The van der Waals surface area contributed by atoms with Crippen LogP contribution in [0.15, 0.2) is 18.3 Å². The molecule has 1 atom stereocenters. The fourth-order valence-electron chi connectivity index (χ4n) is 2.77. The van der Waals surface area contributed by atoms with Crippen molar-refractivity contribution in [2.45, 2.75) is 52.0 Å². The van der Waals surface area contributed by atoms with Crippen molar-refractivity contribution in [2.75, 3.05) is 18.4 Å². The molecular weight excluding hydrogens is 250 g/mol. The number of aromatic nitrogens is 1. The van der Waals surface area contributed by atoms with E-state index in [9.17, 15) is 4.79 Å². The molecule has 4 nitrogen and oxygen atoms in total. The summed E-state index contributed by atoms with van der Waals surface area (Å²) in [5.74, 6) is 0.946. The Balaban J connectivity index is 2.11. The Kier molecular flexibility index (Phi) is 5.39. The van der Waals surface area contributed by atoms with Crippen LogP contribution in [-0.4, -0.2) is 34.9 Å². The molecule has 2 rings (SSSR count). The van der Waals surface area contributed by atoms with Crippen LogP contribution in [0, 0.1) is 0 Å². The number of hydrogen-bond acceptors (Lipinski definition) is 3. The summed E-state index contributed by atoms with van der Waals surface area (Å²) in [7, 11) is 0. The number of amides is 1. The van der Waals surface area contributed by atoms with Crippen LogP contribution in [0.4, 0.5) is 5.82 Å². The molecule has 0 radical (unpaired) electrons. The van der Waals surface area contributed by atoms with Crippen LogP contribution in [0.25, 0.3) is 0 Å². The molecular formula is C16H25N3O. The Morgan fingerprint density at radius 2 is 2.30 bits per heavy atom. The van der Waals surface area contributed by atoms with Gasteiger partial charge in [0.05, 0.1) is 0 Å². The van der Waals surface area contributed by atoms with Crippen LogP contribution in [0.2, 0.25) is 0 Å². The number of hydrogen-bond donors (Lipinski definition) is 1. The largest absolute Gasteiger partial charge is 0.370 e. The number of nitrogens with zero attached hydrogens (tertiary/aromatic N) is 2. The van der Waals surface area contributed by atoms with E-state index in [4.69, 9.17) is 0 Å². The summed E-state index contributed by atoms with van der Waals surface area (Å²) in [5, 5.41) is 3.24. The topological polar surface area (TPSA) is 45.2 Å². The van der Waals surface area contributed by atoms with Gasteiger partial charge in [-0.2, -0.15) is 0 Å². The number of piperidine rings is 1. The summed E-state index contributed by atoms with van der Waals surface area (Å²) in [6, 6.07) is 4.09. The zero-order chi connectivity index (χ0) is 14.4. The number of anilines is 1. The normalized spacial score (nSPS) is 18.9. The zero-order valence-corrected chi connectivity index (χ0v) is 12.6. The van der Waals surface area contributed by atoms with E-state index >= 15 is 0 Å². The molecule has 1 N–H and O–H groups in total. The smallest absolute Gasteiger partial charge is 0.254 e. The summed E-state index contributed by atoms with van der Waals surface area (Å²) in [5.41, 5.74) is 0.749. The number of pyridine rings is 1. The van der Waals surface area contributed by atoms with Gasteiger partial charge < -0.3 is 10.2 Å². The van der Waals surface area contributed by atoms with Gasteiger partial charge in [-0.1, -0.05) is 13.8 Å². The summed E-state index contributed by atoms with van der Waals surface area (Å²) in [6.45, 7) is 6.04. The average Bonchev–Trinajstić information content (AvgIpc) is 2.52. The number of carbonyl (C=O) groups is 1. The van der Waals surface area contributed by atoms with E-state index in [1.807, 2.05) is 17.0 Å². The number of likely N-dealkylation sites (tertiary alicyclic amines) is 1. The number of nitrogens with one attached hydrogen (secondary N) is 1. The highest BCUT2D eigenvalue weighted by atomic mass is 16.2. The van der Waals surface area contributed by atoms with Crippen molar-refractivity contribution < 1.29 is 4.79 Å². The lowest BCUT2D eigenvalue weighted by Gasteiger charge is -2.35. The number of rotatable bonds is 5. The highest BCUT2D eigenvalue weighted by molar-refractivity contribution is 5.95. The van der Waals surface area contributed by atoms with E-state index in [2.05, 4.69) is 24.1 Å². The van der Waals surface area contributed by atoms with Gasteiger partial charge >= 0.3 is 0 Å². The van der Waals surface area contributed by atoms with Gasteiger partial charge in [-0.15, -0.1) is 0 Å². The Morgan fingerprint density at radius 3 is 3.05 bits per heavy atom. The monoisotopic (exact) mass is 275 g/mol. The minimum Gasteiger partial charge on any atom is -0.370 e. The van der Waals surface area contributed by atoms with Crippen molar-refractivity contribution in [1.82, 2.24) is 9.88 Å². The van der Waals surface area contributed by atoms with Crippen LogP contribution < -0.4 is 5.32 Å². The van der Waals surface area contributed by atoms with E-state index < -0.39 is 0 Å². The molecule has 110 valence electrons. The first-order valence-electron chi connectivity index (χ1n) is 7.77. The van der Waals surface area contributed by atoms with Crippen molar-refractivity contribution in [3.8, 4) is 0 Å². The lowest BCUT2D eigenvalue weighted by atomic mass is 9.99. The molecule has 0 saturated carbocycles. The van der Waals surface area contributed by atoms with E-state index in [-0.39, 0.29) is 5.91 Å². The summed E-state index contributed by atoms with van der Waals surface area (Å²) in [6.07, 6.45) is 7.29. The first kappa shape index (κ1) is 14.8. The molecule has 1 unspecified atom stereocenters. The van der Waals surface area contributed by atoms with Gasteiger partial charge in [-0.25, -0.2) is 4.98 Å². The fraction of sp³-hybridized carbons (Fsp3) is 0.625. The minimum atomic E-state index is 0.151. The second-order valence-electron chi connectivity index (χ2n) is 5.41. The maximum absolute atomic E-state index is 12.7. The summed E-state index contributed by atoms with van der Waals surface area (Å²) >= 11 is 0. The van der Waals surface area contributed by atoms with Crippen LogP contribution in [-0.2, 0) is 0 Å². The molecule has 1 aliphatic rings. The molecule has 1 aromatic heterocycles. The standard InChI is InChI=1S/C16H25N3O/c1-3-9-17-15-12-13(8-10-18-15)16(20)19-11-6-5-7-14(19)4-2/h8,10,12,14H,3-7,9,11H2,1-2H3,(H,17,18). The van der Waals surface area contributed by atoms with Gasteiger partial charge in [0.15, 0.2) is 0 Å². The van der Waals surface area contributed by atoms with Crippen LogP contribution in [0.5, 0.6) is 0 Å². The minimum absolute atomic E-state index is 0.151. The third-order valence-corrected chi connectivity index (χ3v) is 3.92. The van der Waals surface area contributed by atoms with Crippen molar-refractivity contribution >= 4 is 11.7 Å². The van der Waals surface area contributed by atoms with Crippen molar-refractivity contribution in [3.05, 3.63) is 23.9 Å². The molecule has 4 heteroatoms. The maximum atomic E-state index is 12.7. The molecule has 1 fully saturated rings.